The zero-order valence-electron chi connectivity index (χ0n) is 26.4. The van der Waals surface area contributed by atoms with Gasteiger partial charge in [0, 0.05) is 41.5 Å². The lowest BCUT2D eigenvalue weighted by Crippen LogP contribution is -2.72. The summed E-state index contributed by atoms with van der Waals surface area (Å²) in [5, 5.41) is 47.4. The number of aliphatic hydroxyl groups is 2. The number of phenols is 2. The second kappa shape index (κ2) is 9.10. The molecule has 1 aliphatic heterocycles. The maximum Gasteiger partial charge on any atom is 0.255 e. The molecule has 2 aromatic carbocycles. The molecule has 12 nitrogen and oxygen atoms in total. The lowest BCUT2D eigenvalue weighted by molar-refractivity contribution is -0.264. The van der Waals surface area contributed by atoms with Crippen LogP contribution in [0.4, 0.5) is 0 Å². The number of allylic oxidation sites excluding steroid dienone is 2. The Morgan fingerprint density at radius 3 is 2.41 bits per heavy atom. The van der Waals surface area contributed by atoms with Gasteiger partial charge in [-0.15, -0.1) is 0 Å². The van der Waals surface area contributed by atoms with Crippen LogP contribution in [0.5, 0.6) is 17.2 Å². The van der Waals surface area contributed by atoms with Gasteiger partial charge in [-0.2, -0.15) is 0 Å². The molecule has 1 spiro atoms. The molecule has 4 aliphatic carbocycles. The Hall–Kier alpha value is -4.42. The number of amides is 1. The van der Waals surface area contributed by atoms with E-state index in [-0.39, 0.29) is 35.4 Å². The third-order valence-electron chi connectivity index (χ3n) is 11.3. The van der Waals surface area contributed by atoms with Crippen LogP contribution in [0.3, 0.4) is 0 Å². The van der Waals surface area contributed by atoms with Crippen LogP contribution in [0.25, 0.3) is 10.8 Å². The van der Waals surface area contributed by atoms with Gasteiger partial charge in [0.1, 0.15) is 40.5 Å². The predicted octanol–water partition coefficient (Wildman–Crippen LogP) is 3.25. The lowest BCUT2D eigenvalue weighted by atomic mass is 9.54. The second-order valence-electron chi connectivity index (χ2n) is 13.5. The molecule has 1 heterocycles. The predicted molar refractivity (Wildman–Crippen MR) is 164 cm³/mol. The number of fused-ring (bicyclic) bond motifs is 4. The molecule has 5 atom stereocenters. The van der Waals surface area contributed by atoms with Gasteiger partial charge in [0.25, 0.3) is 5.91 Å². The number of aromatic hydroxyl groups is 2. The van der Waals surface area contributed by atoms with Crippen molar-refractivity contribution in [3.63, 3.8) is 0 Å². The Morgan fingerprint density at radius 1 is 1.13 bits per heavy atom. The highest BCUT2D eigenvalue weighted by molar-refractivity contribution is 6.34. The fraction of sp³-hybridized carbons (Fsp3) is 0.471. The molecule has 0 fully saturated rings. The molecule has 0 bridgehead atoms. The van der Waals surface area contributed by atoms with Gasteiger partial charge in [-0.25, -0.2) is 4.99 Å². The van der Waals surface area contributed by atoms with Gasteiger partial charge >= 0.3 is 0 Å². The van der Waals surface area contributed by atoms with E-state index in [1.165, 1.54) is 20.3 Å². The molecular weight excluding hydrogens is 596 g/mol. The van der Waals surface area contributed by atoms with E-state index in [2.05, 4.69) is 24.9 Å². The number of hydrogen-bond acceptors (Lipinski definition) is 11. The summed E-state index contributed by atoms with van der Waals surface area (Å²) >= 11 is 0. The quantitative estimate of drug-likeness (QED) is 0.189. The Kier molecular flexibility index (Phi) is 5.98. The number of ether oxygens (including phenoxy) is 3. The zero-order valence-corrected chi connectivity index (χ0v) is 26.4. The number of rotatable bonds is 4. The molecule has 0 saturated heterocycles. The number of carbonyl (C=O) groups is 3. The third kappa shape index (κ3) is 3.07. The first kappa shape index (κ1) is 30.2. The van der Waals surface area contributed by atoms with Gasteiger partial charge < -0.3 is 40.4 Å². The van der Waals surface area contributed by atoms with Crippen molar-refractivity contribution in [2.24, 2.45) is 22.1 Å². The van der Waals surface area contributed by atoms with E-state index in [9.17, 15) is 34.8 Å². The van der Waals surface area contributed by atoms with Crippen LogP contribution in [0.2, 0.25) is 0 Å². The van der Waals surface area contributed by atoms with Crippen molar-refractivity contribution in [3.8, 4) is 17.2 Å². The number of methoxy groups -OCH3 is 2. The van der Waals surface area contributed by atoms with Crippen molar-refractivity contribution in [3.05, 3.63) is 51.3 Å². The smallest absolute Gasteiger partial charge is 0.255 e. The first-order valence-corrected chi connectivity index (χ1v) is 15.3. The standard InChI is InChI=1S/C34H36N2O10/c1-7-17-36-24-26(39)21(30(35)42)29(41)33(43)27(24)34(45-6,46-17)22-14-12-32(13(2)9-8-10-31(32,3)4)23-16(44-5)11-15(37)19(18(14)23)25(38)20(22)28(33)40/h9,11,24,27,37-39,43H,7-8,10,12H2,1-6H3,(H2,35,42)/t24-,27+,32+,33+,34+/m1/s1. The number of primary amides is 1. The van der Waals surface area contributed by atoms with Crippen molar-refractivity contribution in [1.82, 2.24) is 0 Å². The van der Waals surface area contributed by atoms with Crippen LogP contribution in [-0.4, -0.2) is 69.7 Å². The normalized spacial score (nSPS) is 32.2. The van der Waals surface area contributed by atoms with Crippen molar-refractivity contribution >= 4 is 34.1 Å². The first-order chi connectivity index (χ1) is 21.6. The summed E-state index contributed by atoms with van der Waals surface area (Å²) in [5.74, 6) is -9.48. The fourth-order valence-corrected chi connectivity index (χ4v) is 9.25. The number of carbonyl (C=O) groups excluding carboxylic acids is 3. The van der Waals surface area contributed by atoms with Crippen molar-refractivity contribution < 1.29 is 49.0 Å². The van der Waals surface area contributed by atoms with Gasteiger partial charge in [0.15, 0.2) is 5.90 Å². The van der Waals surface area contributed by atoms with Gasteiger partial charge in [0.2, 0.25) is 23.0 Å². The van der Waals surface area contributed by atoms with Gasteiger partial charge in [0.05, 0.1) is 18.1 Å². The molecule has 242 valence electrons. The van der Waals surface area contributed by atoms with Crippen LogP contribution in [0, 0.1) is 11.3 Å². The van der Waals surface area contributed by atoms with Crippen molar-refractivity contribution in [2.45, 2.75) is 76.2 Å². The highest BCUT2D eigenvalue weighted by Gasteiger charge is 2.75. The average Bonchev–Trinajstić information content (AvgIpc) is 3.36. The fourth-order valence-electron chi connectivity index (χ4n) is 9.25. The van der Waals surface area contributed by atoms with E-state index in [1.807, 2.05) is 6.92 Å². The summed E-state index contributed by atoms with van der Waals surface area (Å²) in [6, 6.07) is -0.153. The monoisotopic (exact) mass is 632 g/mol. The molecule has 0 saturated carbocycles. The Bertz CT molecular complexity index is 1940. The molecular formula is C34H36N2O10. The van der Waals surface area contributed by atoms with E-state index in [0.717, 1.165) is 18.4 Å². The maximum absolute atomic E-state index is 14.7. The average molecular weight is 633 g/mol. The minimum absolute atomic E-state index is 0.0396. The SMILES string of the molecule is CCC1=N[C@@H]2C(O)=C(C(N)=O)C(=O)[C@@]3(O)C(=O)c4c(c5c6c(c(OC)cc(O)c6c4O)[C@]4(C5)C(C)=CCCC4(C)C)[C@](OC)(O1)[C@@H]23. The number of hydrogen-bond donors (Lipinski definition) is 5. The topological polar surface area (TPSA) is 198 Å². The van der Waals surface area contributed by atoms with Gasteiger partial charge in [-0.1, -0.05) is 32.4 Å². The molecule has 12 heteroatoms. The number of aliphatic hydroxyl groups excluding tert-OH is 1. The molecule has 46 heavy (non-hydrogen) atoms. The van der Waals surface area contributed by atoms with E-state index in [4.69, 9.17) is 19.9 Å². The summed E-state index contributed by atoms with van der Waals surface area (Å²) in [6.45, 7) is 8.02. The number of aliphatic imine (C=N–C) groups is 1. The molecule has 0 aromatic heterocycles. The maximum atomic E-state index is 14.7. The van der Waals surface area contributed by atoms with Crippen LogP contribution >= 0.6 is 0 Å². The number of ketones is 2. The van der Waals surface area contributed by atoms with Crippen LogP contribution < -0.4 is 10.5 Å². The molecule has 0 radical (unpaired) electrons. The van der Waals surface area contributed by atoms with Crippen LogP contribution in [0.15, 0.2) is 34.0 Å². The van der Waals surface area contributed by atoms with Crippen molar-refractivity contribution in [2.75, 3.05) is 14.2 Å². The molecule has 7 rings (SSSR count). The summed E-state index contributed by atoms with van der Waals surface area (Å²) < 4.78 is 18.5. The Morgan fingerprint density at radius 2 is 1.83 bits per heavy atom. The van der Waals surface area contributed by atoms with E-state index >= 15 is 0 Å². The molecule has 5 aliphatic rings. The van der Waals surface area contributed by atoms with Crippen molar-refractivity contribution in [1.29, 1.82) is 0 Å². The highest BCUT2D eigenvalue weighted by Crippen LogP contribution is 2.67. The lowest BCUT2D eigenvalue weighted by Gasteiger charge is -2.55. The largest absolute Gasteiger partial charge is 0.509 e. The van der Waals surface area contributed by atoms with E-state index < -0.39 is 74.3 Å². The third-order valence-corrected chi connectivity index (χ3v) is 11.3. The van der Waals surface area contributed by atoms with Gasteiger partial charge in [-0.3, -0.25) is 14.4 Å². The summed E-state index contributed by atoms with van der Waals surface area (Å²) in [6.07, 6.45) is 4.20. The summed E-state index contributed by atoms with van der Waals surface area (Å²) in [4.78, 5) is 45.5. The minimum Gasteiger partial charge on any atom is -0.509 e. The molecule has 6 N–H and O–H groups in total. The Balaban J connectivity index is 1.70. The molecule has 2 aromatic rings. The second-order valence-corrected chi connectivity index (χ2v) is 13.5. The number of Topliss-reactive ketones (excluding diaryl/α,β-unsaturated/α-hetero) is 2. The summed E-state index contributed by atoms with van der Waals surface area (Å²) in [5.41, 5.74) is 2.04. The number of nitrogens with zero attached hydrogens (tertiary/aromatic N) is 1. The number of phenolic OH excluding ortho intramolecular Hbond substituents is 2. The Labute approximate surface area is 264 Å². The highest BCUT2D eigenvalue weighted by atomic mass is 16.7. The zero-order chi connectivity index (χ0) is 33.5. The van der Waals surface area contributed by atoms with Crippen LogP contribution in [0.1, 0.15) is 74.0 Å². The number of nitrogens with two attached hydrogens (primary N) is 1. The van der Waals surface area contributed by atoms with E-state index in [0.29, 0.717) is 22.3 Å². The minimum atomic E-state index is -3.11. The van der Waals surface area contributed by atoms with Crippen LogP contribution in [-0.2, 0) is 36.7 Å². The van der Waals surface area contributed by atoms with E-state index in [1.54, 1.807) is 6.92 Å². The summed E-state index contributed by atoms with van der Waals surface area (Å²) in [7, 11) is 2.76. The molecule has 1 amide bonds. The number of benzene rings is 2. The first-order valence-electron chi connectivity index (χ1n) is 15.3. The molecule has 0 unspecified atom stereocenters. The van der Waals surface area contributed by atoms with Gasteiger partial charge in [-0.05, 0) is 37.2 Å².